The molecule has 1 aliphatic carbocycles. The summed E-state index contributed by atoms with van der Waals surface area (Å²) in [6.45, 7) is 4.54. The Balaban J connectivity index is 1.39. The van der Waals surface area contributed by atoms with Gasteiger partial charge in [0, 0.05) is 23.1 Å². The van der Waals surface area contributed by atoms with Crippen LogP contribution in [0.5, 0.6) is 0 Å². The van der Waals surface area contributed by atoms with Gasteiger partial charge in [0.15, 0.2) is 0 Å². The first-order valence-corrected chi connectivity index (χ1v) is 15.0. The SMILES string of the molecule is CCCCCCC#Cc1ccc(C#Cc2ccc(C3CCC(CCCCCCCC)CC3)cc2)cc1. The fourth-order valence-corrected chi connectivity index (χ4v) is 5.42. The van der Waals surface area contributed by atoms with Crippen molar-refractivity contribution in [2.75, 3.05) is 0 Å². The van der Waals surface area contributed by atoms with Gasteiger partial charge >= 0.3 is 0 Å². The van der Waals surface area contributed by atoms with E-state index < -0.39 is 0 Å². The van der Waals surface area contributed by atoms with Crippen LogP contribution in [0.25, 0.3) is 0 Å². The molecule has 0 unspecified atom stereocenters. The van der Waals surface area contributed by atoms with Crippen LogP contribution in [0.2, 0.25) is 0 Å². The lowest BCUT2D eigenvalue weighted by Gasteiger charge is -2.29. The molecular weight excluding hydrogens is 432 g/mol. The first-order chi connectivity index (χ1) is 17.8. The first kappa shape index (κ1) is 28.1. The molecule has 1 saturated carbocycles. The Morgan fingerprint density at radius 1 is 0.556 bits per heavy atom. The van der Waals surface area contributed by atoms with E-state index in [1.165, 1.54) is 102 Å². The van der Waals surface area contributed by atoms with Gasteiger partial charge in [-0.05, 0) is 85.9 Å². The predicted octanol–water partition coefficient (Wildman–Crippen LogP) is 10.4. The second kappa shape index (κ2) is 17.1. The van der Waals surface area contributed by atoms with Gasteiger partial charge in [0.25, 0.3) is 0 Å². The maximum Gasteiger partial charge on any atom is 0.0249 e. The lowest BCUT2D eigenvalue weighted by atomic mass is 9.77. The van der Waals surface area contributed by atoms with Crippen LogP contribution in [0.15, 0.2) is 48.5 Å². The summed E-state index contributed by atoms with van der Waals surface area (Å²) in [5, 5.41) is 0. The van der Waals surface area contributed by atoms with Crippen LogP contribution in [-0.4, -0.2) is 0 Å². The maximum absolute atomic E-state index is 3.34. The molecule has 0 heterocycles. The zero-order valence-corrected chi connectivity index (χ0v) is 23.1. The number of unbranched alkanes of at least 4 members (excludes halogenated alkanes) is 9. The molecule has 3 rings (SSSR count). The van der Waals surface area contributed by atoms with Gasteiger partial charge in [-0.2, -0.15) is 0 Å². The number of rotatable bonds is 12. The average molecular weight is 481 g/mol. The molecule has 192 valence electrons. The molecular formula is C36H48. The van der Waals surface area contributed by atoms with Crippen molar-refractivity contribution in [1.82, 2.24) is 0 Å². The zero-order valence-electron chi connectivity index (χ0n) is 23.1. The van der Waals surface area contributed by atoms with Gasteiger partial charge in [0.05, 0.1) is 0 Å². The molecule has 0 aliphatic heterocycles. The topological polar surface area (TPSA) is 0 Å². The Morgan fingerprint density at radius 2 is 1.06 bits per heavy atom. The minimum absolute atomic E-state index is 0.744. The molecule has 0 atom stereocenters. The maximum atomic E-state index is 3.34. The van der Waals surface area contributed by atoms with Crippen LogP contribution in [0.3, 0.4) is 0 Å². The van der Waals surface area contributed by atoms with E-state index in [1.807, 2.05) is 0 Å². The third kappa shape index (κ3) is 10.7. The molecule has 0 bridgehead atoms. The van der Waals surface area contributed by atoms with Gasteiger partial charge in [0.1, 0.15) is 0 Å². The van der Waals surface area contributed by atoms with Gasteiger partial charge in [-0.3, -0.25) is 0 Å². The van der Waals surface area contributed by atoms with E-state index in [4.69, 9.17) is 0 Å². The van der Waals surface area contributed by atoms with Gasteiger partial charge in [-0.1, -0.05) is 114 Å². The van der Waals surface area contributed by atoms with Crippen molar-refractivity contribution in [3.05, 3.63) is 70.8 Å². The lowest BCUT2D eigenvalue weighted by molar-refractivity contribution is 0.302. The van der Waals surface area contributed by atoms with Crippen molar-refractivity contribution in [2.24, 2.45) is 5.92 Å². The second-order valence-electron chi connectivity index (χ2n) is 10.8. The van der Waals surface area contributed by atoms with Crippen LogP contribution in [-0.2, 0) is 0 Å². The minimum Gasteiger partial charge on any atom is -0.0979 e. The van der Waals surface area contributed by atoms with E-state index in [2.05, 4.69) is 86.1 Å². The molecule has 0 saturated heterocycles. The average Bonchev–Trinajstić information content (AvgIpc) is 2.93. The molecule has 2 aromatic rings. The Bertz CT molecular complexity index is 963. The normalized spacial score (nSPS) is 17.1. The van der Waals surface area contributed by atoms with E-state index in [0.29, 0.717) is 0 Å². The van der Waals surface area contributed by atoms with Crippen LogP contribution in [0, 0.1) is 29.6 Å². The number of benzene rings is 2. The van der Waals surface area contributed by atoms with Crippen molar-refractivity contribution in [3.63, 3.8) is 0 Å². The van der Waals surface area contributed by atoms with Gasteiger partial charge in [-0.15, -0.1) is 0 Å². The van der Waals surface area contributed by atoms with Crippen LogP contribution in [0.4, 0.5) is 0 Å². The Labute approximate surface area is 222 Å². The van der Waals surface area contributed by atoms with Crippen LogP contribution in [0.1, 0.15) is 145 Å². The molecule has 36 heavy (non-hydrogen) atoms. The summed E-state index contributed by atoms with van der Waals surface area (Å²) in [7, 11) is 0. The number of hydrogen-bond acceptors (Lipinski definition) is 0. The monoisotopic (exact) mass is 480 g/mol. The van der Waals surface area contributed by atoms with Gasteiger partial charge in [0.2, 0.25) is 0 Å². The summed E-state index contributed by atoms with van der Waals surface area (Å²) >= 11 is 0. The van der Waals surface area contributed by atoms with Gasteiger partial charge in [-0.25, -0.2) is 0 Å². The molecule has 1 fully saturated rings. The van der Waals surface area contributed by atoms with Crippen LogP contribution < -0.4 is 0 Å². The largest absolute Gasteiger partial charge is 0.0979 e. The molecule has 0 spiro atoms. The van der Waals surface area contributed by atoms with E-state index in [1.54, 1.807) is 0 Å². The fraction of sp³-hybridized carbons (Fsp3) is 0.556. The van der Waals surface area contributed by atoms with E-state index in [-0.39, 0.29) is 0 Å². The highest BCUT2D eigenvalue weighted by atomic mass is 14.3. The molecule has 0 N–H and O–H groups in total. The summed E-state index contributed by atoms with van der Waals surface area (Å²) in [5.41, 5.74) is 4.75. The van der Waals surface area contributed by atoms with E-state index in [0.717, 1.165) is 34.9 Å². The molecule has 0 amide bonds. The Kier molecular flexibility index (Phi) is 13.4. The highest BCUT2D eigenvalue weighted by Gasteiger charge is 2.21. The highest BCUT2D eigenvalue weighted by molar-refractivity contribution is 5.46. The van der Waals surface area contributed by atoms with Crippen LogP contribution >= 0.6 is 0 Å². The van der Waals surface area contributed by atoms with Gasteiger partial charge < -0.3 is 0 Å². The molecule has 0 aromatic heterocycles. The molecule has 0 radical (unpaired) electrons. The lowest BCUT2D eigenvalue weighted by Crippen LogP contribution is -2.13. The van der Waals surface area contributed by atoms with Crippen molar-refractivity contribution in [3.8, 4) is 23.7 Å². The predicted molar refractivity (Wildman–Crippen MR) is 157 cm³/mol. The molecule has 0 heteroatoms. The van der Waals surface area contributed by atoms with Crippen molar-refractivity contribution in [1.29, 1.82) is 0 Å². The fourth-order valence-electron chi connectivity index (χ4n) is 5.42. The Hall–Kier alpha value is -2.44. The first-order valence-electron chi connectivity index (χ1n) is 15.0. The zero-order chi connectivity index (χ0) is 25.3. The molecule has 0 nitrogen and oxygen atoms in total. The standard InChI is InChI=1S/C36H48/c1-3-5-7-9-11-13-15-31-17-19-33(20-18-31)21-22-34-25-29-36(30-26-34)35-27-23-32(24-28-35)16-14-12-10-8-6-4-2/h17-20,25-26,29-30,32,35H,3-12,14,16,23-24,27-28H2,1-2H3. The second-order valence-corrected chi connectivity index (χ2v) is 10.8. The summed E-state index contributed by atoms with van der Waals surface area (Å²) in [6.07, 6.45) is 21.6. The van der Waals surface area contributed by atoms with E-state index in [9.17, 15) is 0 Å². The van der Waals surface area contributed by atoms with Crippen molar-refractivity contribution in [2.45, 2.75) is 122 Å². The third-order valence-corrected chi connectivity index (χ3v) is 7.82. The summed E-state index contributed by atoms with van der Waals surface area (Å²) in [5.74, 6) is 15.0. The summed E-state index contributed by atoms with van der Waals surface area (Å²) in [6, 6.07) is 17.4. The van der Waals surface area contributed by atoms with Crippen molar-refractivity contribution >= 4 is 0 Å². The highest BCUT2D eigenvalue weighted by Crippen LogP contribution is 2.37. The molecule has 2 aromatic carbocycles. The third-order valence-electron chi connectivity index (χ3n) is 7.82. The quantitative estimate of drug-likeness (QED) is 0.209. The Morgan fingerprint density at radius 3 is 1.67 bits per heavy atom. The summed E-state index contributed by atoms with van der Waals surface area (Å²) in [4.78, 5) is 0. The van der Waals surface area contributed by atoms with E-state index >= 15 is 0 Å². The smallest absolute Gasteiger partial charge is 0.0249 e. The molecule has 1 aliphatic rings. The number of hydrogen-bond donors (Lipinski definition) is 0. The minimum atomic E-state index is 0.744. The summed E-state index contributed by atoms with van der Waals surface area (Å²) < 4.78 is 0. The van der Waals surface area contributed by atoms with Crippen molar-refractivity contribution < 1.29 is 0 Å².